The molecule has 0 bridgehead atoms. The molecule has 41 heavy (non-hydrogen) atoms. The number of imide groups is 1. The second-order valence-corrected chi connectivity index (χ2v) is 11.3. The van der Waals surface area contributed by atoms with Gasteiger partial charge in [0.1, 0.15) is 12.6 Å². The molecule has 0 aliphatic carbocycles. The molecular weight excluding hydrogens is 528 g/mol. The summed E-state index contributed by atoms with van der Waals surface area (Å²) in [7, 11) is 0. The maximum Gasteiger partial charge on any atom is 0.410 e. The van der Waals surface area contributed by atoms with E-state index < -0.39 is 17.5 Å². The van der Waals surface area contributed by atoms with Gasteiger partial charge in [-0.15, -0.1) is 0 Å². The fourth-order valence-corrected chi connectivity index (χ4v) is 6.71. The van der Waals surface area contributed by atoms with Gasteiger partial charge in [-0.3, -0.25) is 28.8 Å². The van der Waals surface area contributed by atoms with Crippen LogP contribution in [0.2, 0.25) is 0 Å². The molecule has 2 N–H and O–H groups in total. The highest BCUT2D eigenvalue weighted by Crippen LogP contribution is 2.39. The molecule has 1 atom stereocenters. The summed E-state index contributed by atoms with van der Waals surface area (Å²) in [4.78, 5) is 68.2. The number of piperidine rings is 2. The number of anilines is 1. The van der Waals surface area contributed by atoms with Crippen molar-refractivity contribution in [3.05, 3.63) is 64.1 Å². The molecule has 1 unspecified atom stereocenters. The zero-order chi connectivity index (χ0) is 28.3. The summed E-state index contributed by atoms with van der Waals surface area (Å²) >= 11 is 0. The molecule has 2 saturated heterocycles. The Bertz CT molecular complexity index is 1650. The van der Waals surface area contributed by atoms with Crippen molar-refractivity contribution in [3.8, 4) is 0 Å². The van der Waals surface area contributed by atoms with Crippen LogP contribution in [0.4, 0.5) is 10.5 Å². The predicted octanol–water partition coefficient (Wildman–Crippen LogP) is 1.52. The molecule has 1 spiro atoms. The number of hydrogen-bond acceptors (Lipinski definition) is 7. The number of imidazole rings is 1. The van der Waals surface area contributed by atoms with Crippen molar-refractivity contribution in [2.24, 2.45) is 0 Å². The molecule has 1 aromatic heterocycles. The zero-order valence-corrected chi connectivity index (χ0v) is 22.4. The van der Waals surface area contributed by atoms with Crippen molar-refractivity contribution < 1.29 is 23.9 Å². The Balaban J connectivity index is 1.15. The standard InChI is InChI=1S/C29H30N6O6/c36-22-9-8-21(26(38)30-22)35-20-7-6-19-23-24(20)34(27(35)39)15-14-33(23)17-29(31-25(19)37)10-12-32(13-11-29)28(40)41-16-18-4-2-1-3-5-18/h1-7,21H,8-17H2,(H,31,37)(H,30,36,38). The molecule has 5 heterocycles. The number of likely N-dealkylation sites (tertiary alicyclic amines) is 1. The summed E-state index contributed by atoms with van der Waals surface area (Å²) in [6.45, 7) is 2.58. The van der Waals surface area contributed by atoms with Crippen LogP contribution in [0.1, 0.15) is 47.6 Å². The Morgan fingerprint density at radius 2 is 1.76 bits per heavy atom. The van der Waals surface area contributed by atoms with E-state index >= 15 is 0 Å². The van der Waals surface area contributed by atoms with Crippen molar-refractivity contribution in [2.75, 3.05) is 31.1 Å². The van der Waals surface area contributed by atoms with Crippen molar-refractivity contribution >= 4 is 40.5 Å². The van der Waals surface area contributed by atoms with Crippen LogP contribution in [0.15, 0.2) is 47.3 Å². The number of benzene rings is 2. The van der Waals surface area contributed by atoms with Gasteiger partial charge in [0.25, 0.3) is 5.91 Å². The van der Waals surface area contributed by atoms with E-state index in [-0.39, 0.29) is 43.0 Å². The molecule has 0 saturated carbocycles. The first-order valence-corrected chi connectivity index (χ1v) is 14.0. The van der Waals surface area contributed by atoms with Gasteiger partial charge in [0.05, 0.1) is 27.8 Å². The maximum atomic E-state index is 13.6. The van der Waals surface area contributed by atoms with Gasteiger partial charge in [-0.05, 0) is 37.0 Å². The Kier molecular flexibility index (Phi) is 5.87. The lowest BCUT2D eigenvalue weighted by Gasteiger charge is -2.44. The van der Waals surface area contributed by atoms with Crippen LogP contribution in [0.25, 0.3) is 11.0 Å². The third kappa shape index (κ3) is 4.16. The minimum atomic E-state index is -0.787. The molecule has 12 heteroatoms. The SMILES string of the molecule is O=C1CCC(n2c(=O)n3c4c5c(ccc42)C(=O)NC2(CCN(C(=O)OCc4ccccc4)CC2)CN5CC3)C(=O)N1. The van der Waals surface area contributed by atoms with E-state index in [0.717, 1.165) is 5.56 Å². The fourth-order valence-electron chi connectivity index (χ4n) is 6.71. The van der Waals surface area contributed by atoms with Gasteiger partial charge >= 0.3 is 11.8 Å². The first-order chi connectivity index (χ1) is 19.8. The van der Waals surface area contributed by atoms with E-state index in [9.17, 15) is 24.0 Å². The third-order valence-electron chi connectivity index (χ3n) is 8.83. The van der Waals surface area contributed by atoms with Gasteiger partial charge in [0.2, 0.25) is 11.8 Å². The molecule has 2 fully saturated rings. The van der Waals surface area contributed by atoms with Gasteiger partial charge in [0, 0.05) is 39.1 Å². The lowest BCUT2D eigenvalue weighted by molar-refractivity contribution is -0.135. The summed E-state index contributed by atoms with van der Waals surface area (Å²) in [5, 5.41) is 5.61. The lowest BCUT2D eigenvalue weighted by Crippen LogP contribution is -2.60. The van der Waals surface area contributed by atoms with Crippen LogP contribution in [0.3, 0.4) is 0 Å². The highest BCUT2D eigenvalue weighted by Gasteiger charge is 2.44. The number of rotatable bonds is 3. The molecule has 4 aliphatic heterocycles. The van der Waals surface area contributed by atoms with E-state index in [0.29, 0.717) is 67.8 Å². The Hall–Kier alpha value is -4.61. The molecule has 3 aromatic rings. The Labute approximate surface area is 234 Å². The summed E-state index contributed by atoms with van der Waals surface area (Å²) in [5.74, 6) is -1.05. The van der Waals surface area contributed by atoms with E-state index in [4.69, 9.17) is 4.74 Å². The zero-order valence-electron chi connectivity index (χ0n) is 22.4. The minimum Gasteiger partial charge on any atom is -0.445 e. The van der Waals surface area contributed by atoms with Crippen molar-refractivity contribution in [2.45, 2.75) is 50.4 Å². The van der Waals surface area contributed by atoms with Gasteiger partial charge in [0.15, 0.2) is 0 Å². The summed E-state index contributed by atoms with van der Waals surface area (Å²) in [6, 6.07) is 12.2. The van der Waals surface area contributed by atoms with Crippen LogP contribution < -0.4 is 21.2 Å². The first kappa shape index (κ1) is 25.4. The second kappa shape index (κ2) is 9.50. The van der Waals surface area contributed by atoms with Gasteiger partial charge in [-0.25, -0.2) is 9.59 Å². The summed E-state index contributed by atoms with van der Waals surface area (Å²) < 4.78 is 8.64. The molecule has 0 radical (unpaired) electrons. The van der Waals surface area contributed by atoms with E-state index in [1.165, 1.54) is 4.57 Å². The lowest BCUT2D eigenvalue weighted by atomic mass is 9.87. The third-order valence-corrected chi connectivity index (χ3v) is 8.83. The topological polar surface area (TPSA) is 135 Å². The molecule has 4 aliphatic rings. The van der Waals surface area contributed by atoms with Crippen LogP contribution in [-0.4, -0.2) is 69.6 Å². The smallest absolute Gasteiger partial charge is 0.410 e. The fraction of sp³-hybridized carbons (Fsp3) is 0.414. The van der Waals surface area contributed by atoms with E-state index in [1.54, 1.807) is 21.6 Å². The number of hydrogen-bond donors (Lipinski definition) is 2. The van der Waals surface area contributed by atoms with Gasteiger partial charge in [-0.1, -0.05) is 30.3 Å². The number of aromatic nitrogens is 2. The monoisotopic (exact) mass is 558 g/mol. The Morgan fingerprint density at radius 3 is 2.51 bits per heavy atom. The van der Waals surface area contributed by atoms with Gasteiger partial charge in [-0.2, -0.15) is 0 Å². The predicted molar refractivity (Wildman–Crippen MR) is 147 cm³/mol. The summed E-state index contributed by atoms with van der Waals surface area (Å²) in [6.07, 6.45) is 1.17. The molecule has 2 aromatic carbocycles. The molecule has 12 nitrogen and oxygen atoms in total. The number of ether oxygens (including phenoxy) is 1. The van der Waals surface area contributed by atoms with Crippen molar-refractivity contribution in [1.82, 2.24) is 24.7 Å². The molecule has 4 amide bonds. The maximum absolute atomic E-state index is 13.6. The second-order valence-electron chi connectivity index (χ2n) is 11.3. The molecular formula is C29H30N6O6. The van der Waals surface area contributed by atoms with E-state index in [2.05, 4.69) is 15.5 Å². The quantitative estimate of drug-likeness (QED) is 0.466. The number of carbonyl (C=O) groups is 4. The van der Waals surface area contributed by atoms with Crippen molar-refractivity contribution in [3.63, 3.8) is 0 Å². The molecule has 7 rings (SSSR count). The van der Waals surface area contributed by atoms with E-state index in [1.807, 2.05) is 30.3 Å². The highest BCUT2D eigenvalue weighted by molar-refractivity contribution is 6.09. The largest absolute Gasteiger partial charge is 0.445 e. The van der Waals surface area contributed by atoms with Crippen molar-refractivity contribution in [1.29, 1.82) is 0 Å². The normalized spacial score (nSPS) is 21.5. The van der Waals surface area contributed by atoms with Crippen LogP contribution in [-0.2, 0) is 27.5 Å². The van der Waals surface area contributed by atoms with Crippen LogP contribution in [0.5, 0.6) is 0 Å². The number of nitrogens with zero attached hydrogens (tertiary/aromatic N) is 4. The number of carbonyl (C=O) groups excluding carboxylic acids is 4. The number of amides is 4. The minimum absolute atomic E-state index is 0.161. The first-order valence-electron chi connectivity index (χ1n) is 14.0. The molecule has 212 valence electrons. The Morgan fingerprint density at radius 1 is 0.976 bits per heavy atom. The average molecular weight is 559 g/mol. The van der Waals surface area contributed by atoms with Gasteiger partial charge < -0.3 is 19.9 Å². The summed E-state index contributed by atoms with van der Waals surface area (Å²) in [5.41, 5.74) is 2.44. The number of nitrogens with one attached hydrogen (secondary N) is 2. The van der Waals surface area contributed by atoms with Crippen LogP contribution in [0, 0.1) is 0 Å². The highest BCUT2D eigenvalue weighted by atomic mass is 16.6. The average Bonchev–Trinajstić information content (AvgIpc) is 3.19. The van der Waals surface area contributed by atoms with Crippen LogP contribution >= 0.6 is 0 Å².